The van der Waals surface area contributed by atoms with Crippen LogP contribution < -0.4 is 5.46 Å². The lowest BCUT2D eigenvalue weighted by Gasteiger charge is -2.32. The Morgan fingerprint density at radius 1 is 1.16 bits per heavy atom. The van der Waals surface area contributed by atoms with E-state index in [0.717, 1.165) is 16.4 Å². The minimum atomic E-state index is -0.407. The van der Waals surface area contributed by atoms with Crippen molar-refractivity contribution in [2.24, 2.45) is 0 Å². The standard InChI is InChI=1S/C13H16BClN2O2/c1-12(2)13(3,4)19-14(18-12)8-5-10(15)9-7-16-17-11(9)6-8/h5-7H,1-4H3,(H,16,17). The van der Waals surface area contributed by atoms with E-state index >= 15 is 0 Å². The summed E-state index contributed by atoms with van der Waals surface area (Å²) in [4.78, 5) is 0. The number of hydrogen-bond acceptors (Lipinski definition) is 3. The number of benzene rings is 1. The van der Waals surface area contributed by atoms with Gasteiger partial charge in [0.2, 0.25) is 0 Å². The second-order valence-electron chi connectivity index (χ2n) is 5.92. The predicted octanol–water partition coefficient (Wildman–Crippen LogP) is 2.52. The number of fused-ring (bicyclic) bond motifs is 1. The smallest absolute Gasteiger partial charge is 0.399 e. The van der Waals surface area contributed by atoms with E-state index in [4.69, 9.17) is 20.9 Å². The Hall–Kier alpha value is -1.04. The van der Waals surface area contributed by atoms with Crippen molar-refractivity contribution in [1.29, 1.82) is 0 Å². The number of hydrogen-bond donors (Lipinski definition) is 1. The van der Waals surface area contributed by atoms with Crippen LogP contribution in [0.15, 0.2) is 18.3 Å². The molecule has 0 spiro atoms. The second kappa shape index (κ2) is 3.98. The van der Waals surface area contributed by atoms with Gasteiger partial charge in [0.1, 0.15) is 0 Å². The number of nitrogens with one attached hydrogen (secondary N) is 1. The largest absolute Gasteiger partial charge is 0.494 e. The molecule has 1 saturated heterocycles. The van der Waals surface area contributed by atoms with Gasteiger partial charge in [0.25, 0.3) is 0 Å². The first-order chi connectivity index (χ1) is 8.80. The Bertz CT molecular complexity index is 623. The van der Waals surface area contributed by atoms with Gasteiger partial charge in [-0.25, -0.2) is 0 Å². The van der Waals surface area contributed by atoms with Crippen LogP contribution in [-0.4, -0.2) is 28.5 Å². The first-order valence-electron chi connectivity index (χ1n) is 6.28. The topological polar surface area (TPSA) is 47.1 Å². The molecule has 0 saturated carbocycles. The summed E-state index contributed by atoms with van der Waals surface area (Å²) in [5.74, 6) is 0. The number of halogens is 1. The molecule has 1 aromatic carbocycles. The monoisotopic (exact) mass is 278 g/mol. The van der Waals surface area contributed by atoms with Crippen molar-refractivity contribution in [3.8, 4) is 0 Å². The fourth-order valence-electron chi connectivity index (χ4n) is 2.14. The number of aromatic nitrogens is 2. The van der Waals surface area contributed by atoms with Gasteiger partial charge in [0.05, 0.1) is 27.9 Å². The molecule has 2 aromatic rings. The Kier molecular flexibility index (Phi) is 2.72. The molecule has 1 N–H and O–H groups in total. The van der Waals surface area contributed by atoms with Crippen LogP contribution in [0.3, 0.4) is 0 Å². The Labute approximate surface area is 117 Å². The normalized spacial score (nSPS) is 21.2. The molecule has 4 nitrogen and oxygen atoms in total. The van der Waals surface area contributed by atoms with Gasteiger partial charge in [-0.1, -0.05) is 11.6 Å². The summed E-state index contributed by atoms with van der Waals surface area (Å²) in [5.41, 5.74) is 1.08. The molecule has 0 radical (unpaired) electrons. The zero-order chi connectivity index (χ0) is 13.8. The summed E-state index contributed by atoms with van der Waals surface area (Å²) < 4.78 is 12.0. The summed E-state index contributed by atoms with van der Waals surface area (Å²) in [7, 11) is -0.407. The maximum atomic E-state index is 6.25. The molecule has 0 atom stereocenters. The Balaban J connectivity index is 2.02. The lowest BCUT2D eigenvalue weighted by Crippen LogP contribution is -2.41. The van der Waals surface area contributed by atoms with Gasteiger partial charge < -0.3 is 9.31 Å². The molecule has 0 unspecified atom stereocenters. The number of nitrogens with zero attached hydrogens (tertiary/aromatic N) is 1. The minimum Gasteiger partial charge on any atom is -0.399 e. The van der Waals surface area contributed by atoms with Gasteiger partial charge in [-0.3, -0.25) is 5.10 Å². The second-order valence-corrected chi connectivity index (χ2v) is 6.33. The summed E-state index contributed by atoms with van der Waals surface area (Å²) in [6, 6.07) is 3.85. The molecule has 100 valence electrons. The third-order valence-electron chi connectivity index (χ3n) is 4.06. The van der Waals surface area contributed by atoms with Crippen LogP contribution in [0.25, 0.3) is 10.9 Å². The van der Waals surface area contributed by atoms with E-state index in [1.165, 1.54) is 0 Å². The summed E-state index contributed by atoms with van der Waals surface area (Å²) in [5, 5.41) is 8.47. The van der Waals surface area contributed by atoms with Gasteiger partial charge in [-0.05, 0) is 45.3 Å². The van der Waals surface area contributed by atoms with Gasteiger partial charge in [-0.15, -0.1) is 0 Å². The van der Waals surface area contributed by atoms with E-state index in [1.54, 1.807) is 6.20 Å². The highest BCUT2D eigenvalue weighted by Crippen LogP contribution is 2.36. The lowest BCUT2D eigenvalue weighted by molar-refractivity contribution is 0.00578. The average Bonchev–Trinajstić information content (AvgIpc) is 2.82. The Morgan fingerprint density at radius 3 is 2.42 bits per heavy atom. The zero-order valence-electron chi connectivity index (χ0n) is 11.5. The van der Waals surface area contributed by atoms with Crippen molar-refractivity contribution in [2.45, 2.75) is 38.9 Å². The first-order valence-corrected chi connectivity index (χ1v) is 6.66. The molecule has 1 aliphatic heterocycles. The van der Waals surface area contributed by atoms with Crippen LogP contribution in [0.5, 0.6) is 0 Å². The fourth-order valence-corrected chi connectivity index (χ4v) is 2.42. The molecular weight excluding hydrogens is 262 g/mol. The van der Waals surface area contributed by atoms with Crippen molar-refractivity contribution in [3.63, 3.8) is 0 Å². The molecule has 6 heteroatoms. The van der Waals surface area contributed by atoms with E-state index in [9.17, 15) is 0 Å². The number of H-pyrrole nitrogens is 1. The van der Waals surface area contributed by atoms with Crippen molar-refractivity contribution in [1.82, 2.24) is 10.2 Å². The van der Waals surface area contributed by atoms with Gasteiger partial charge in [-0.2, -0.15) is 5.10 Å². The zero-order valence-corrected chi connectivity index (χ0v) is 12.2. The highest BCUT2D eigenvalue weighted by Gasteiger charge is 2.51. The summed E-state index contributed by atoms with van der Waals surface area (Å²) >= 11 is 6.25. The van der Waals surface area contributed by atoms with E-state index in [0.29, 0.717) is 5.02 Å². The maximum Gasteiger partial charge on any atom is 0.494 e. The Morgan fingerprint density at radius 2 is 1.79 bits per heavy atom. The third kappa shape index (κ3) is 1.97. The van der Waals surface area contributed by atoms with Crippen molar-refractivity contribution in [2.75, 3.05) is 0 Å². The molecule has 0 aliphatic carbocycles. The summed E-state index contributed by atoms with van der Waals surface area (Å²) in [6.45, 7) is 8.12. The molecule has 1 aliphatic rings. The molecular formula is C13H16BClN2O2. The molecule has 1 fully saturated rings. The maximum absolute atomic E-state index is 6.25. The van der Waals surface area contributed by atoms with Crippen LogP contribution in [0.2, 0.25) is 5.02 Å². The average molecular weight is 279 g/mol. The lowest BCUT2D eigenvalue weighted by atomic mass is 9.79. The van der Waals surface area contributed by atoms with Crippen LogP contribution >= 0.6 is 11.6 Å². The number of rotatable bonds is 1. The molecule has 3 rings (SSSR count). The SMILES string of the molecule is CC1(C)OB(c2cc(Cl)c3cn[nH]c3c2)OC1(C)C. The van der Waals surface area contributed by atoms with E-state index in [1.807, 2.05) is 39.8 Å². The first kappa shape index (κ1) is 13.0. The van der Waals surface area contributed by atoms with E-state index in [-0.39, 0.29) is 11.2 Å². The van der Waals surface area contributed by atoms with Crippen LogP contribution in [-0.2, 0) is 9.31 Å². The van der Waals surface area contributed by atoms with E-state index in [2.05, 4.69) is 10.2 Å². The van der Waals surface area contributed by atoms with E-state index < -0.39 is 7.12 Å². The van der Waals surface area contributed by atoms with Gasteiger partial charge in [0.15, 0.2) is 0 Å². The highest BCUT2D eigenvalue weighted by molar-refractivity contribution is 6.63. The molecule has 1 aromatic heterocycles. The van der Waals surface area contributed by atoms with Crippen molar-refractivity contribution < 1.29 is 9.31 Å². The molecule has 0 amide bonds. The van der Waals surface area contributed by atoms with Crippen LogP contribution in [0.4, 0.5) is 0 Å². The fraction of sp³-hybridized carbons (Fsp3) is 0.462. The van der Waals surface area contributed by atoms with Crippen LogP contribution in [0.1, 0.15) is 27.7 Å². The molecule has 19 heavy (non-hydrogen) atoms. The van der Waals surface area contributed by atoms with Gasteiger partial charge >= 0.3 is 7.12 Å². The highest BCUT2D eigenvalue weighted by atomic mass is 35.5. The predicted molar refractivity (Wildman–Crippen MR) is 76.8 cm³/mol. The minimum absolute atomic E-state index is 0.354. The van der Waals surface area contributed by atoms with Gasteiger partial charge in [0, 0.05) is 5.39 Å². The third-order valence-corrected chi connectivity index (χ3v) is 4.37. The quantitative estimate of drug-likeness (QED) is 0.815. The van der Waals surface area contributed by atoms with Crippen LogP contribution in [0, 0.1) is 0 Å². The molecule has 0 bridgehead atoms. The number of aromatic amines is 1. The summed E-state index contributed by atoms with van der Waals surface area (Å²) in [6.07, 6.45) is 1.71. The molecule has 2 heterocycles. The van der Waals surface area contributed by atoms with Crippen molar-refractivity contribution >= 4 is 35.1 Å². The van der Waals surface area contributed by atoms with Crippen molar-refractivity contribution in [3.05, 3.63) is 23.4 Å².